The van der Waals surface area contributed by atoms with Gasteiger partial charge in [-0.2, -0.15) is 0 Å². The molecule has 3 aromatic carbocycles. The van der Waals surface area contributed by atoms with Gasteiger partial charge < -0.3 is 0 Å². The van der Waals surface area contributed by atoms with Crippen molar-refractivity contribution in [2.24, 2.45) is 5.92 Å². The summed E-state index contributed by atoms with van der Waals surface area (Å²) in [5.74, 6) is 1.79. The third-order valence-corrected chi connectivity index (χ3v) is 8.15. The Balaban J connectivity index is 0.00000289. The fraction of sp³-hybridized carbons (Fsp3) is 0.364. The molecule has 1 atom stereocenters. The van der Waals surface area contributed by atoms with Gasteiger partial charge in [0.25, 0.3) is 0 Å². The van der Waals surface area contributed by atoms with Gasteiger partial charge in [-0.15, -0.1) is 0 Å². The van der Waals surface area contributed by atoms with E-state index in [1.807, 2.05) is 6.08 Å². The number of carbonyl (C=O) groups excluding carboxylic acids is 1. The average molecular weight is 451 g/mol. The molecule has 0 amide bonds. The third-order valence-electron chi connectivity index (χ3n) is 8.15. The monoisotopic (exact) mass is 450 g/mol. The highest BCUT2D eigenvalue weighted by molar-refractivity contribution is 6.02. The summed E-state index contributed by atoms with van der Waals surface area (Å²) in [7, 11) is 0. The number of rotatable bonds is 6. The number of hydrogen-bond acceptors (Lipinski definition) is 1. The number of carbonyl (C=O) groups is 1. The highest BCUT2D eigenvalue weighted by Crippen LogP contribution is 2.36. The fourth-order valence-electron chi connectivity index (χ4n) is 5.78. The van der Waals surface area contributed by atoms with Gasteiger partial charge in [-0.3, -0.25) is 4.79 Å². The molecule has 0 aliphatic heterocycles. The summed E-state index contributed by atoms with van der Waals surface area (Å²) >= 11 is 0. The van der Waals surface area contributed by atoms with Crippen LogP contribution in [-0.4, -0.2) is 5.78 Å². The molecule has 5 rings (SSSR count). The van der Waals surface area contributed by atoms with Gasteiger partial charge >= 0.3 is 0 Å². The number of benzene rings is 3. The van der Waals surface area contributed by atoms with E-state index in [2.05, 4.69) is 80.6 Å². The van der Waals surface area contributed by atoms with E-state index in [0.717, 1.165) is 31.1 Å². The molecule has 3 aromatic rings. The van der Waals surface area contributed by atoms with Crippen LogP contribution in [-0.2, 0) is 24.1 Å². The SMILES string of the molecule is Cc1ccccc1CC1C(=O)C=Cc2ccc(CCc3ccc(C4CCC(C)CC4)cc3)cc21.[HH]. The van der Waals surface area contributed by atoms with Crippen LogP contribution in [0.15, 0.2) is 72.8 Å². The van der Waals surface area contributed by atoms with E-state index in [9.17, 15) is 4.79 Å². The van der Waals surface area contributed by atoms with Gasteiger partial charge in [-0.25, -0.2) is 0 Å². The van der Waals surface area contributed by atoms with Gasteiger partial charge in [-0.05, 0) is 95.9 Å². The van der Waals surface area contributed by atoms with Gasteiger partial charge in [0.1, 0.15) is 0 Å². The van der Waals surface area contributed by atoms with Crippen LogP contribution in [0.4, 0.5) is 0 Å². The van der Waals surface area contributed by atoms with Gasteiger partial charge in [0.05, 0.1) is 5.92 Å². The molecule has 1 fully saturated rings. The second kappa shape index (κ2) is 10.1. The Labute approximate surface area is 206 Å². The van der Waals surface area contributed by atoms with Crippen LogP contribution in [0, 0.1) is 12.8 Å². The molecule has 1 heteroatoms. The first-order chi connectivity index (χ1) is 16.6. The van der Waals surface area contributed by atoms with Crippen molar-refractivity contribution in [3.8, 4) is 0 Å². The van der Waals surface area contributed by atoms with E-state index in [4.69, 9.17) is 0 Å². The summed E-state index contributed by atoms with van der Waals surface area (Å²) in [5.41, 5.74) is 9.14. The van der Waals surface area contributed by atoms with Crippen molar-refractivity contribution in [1.82, 2.24) is 0 Å². The fourth-order valence-corrected chi connectivity index (χ4v) is 5.78. The van der Waals surface area contributed by atoms with Gasteiger partial charge in [0.15, 0.2) is 5.78 Å². The predicted octanol–water partition coefficient (Wildman–Crippen LogP) is 8.24. The topological polar surface area (TPSA) is 17.1 Å². The van der Waals surface area contributed by atoms with E-state index in [-0.39, 0.29) is 13.1 Å². The first-order valence-corrected chi connectivity index (χ1v) is 13.0. The van der Waals surface area contributed by atoms with Crippen LogP contribution in [0.25, 0.3) is 6.08 Å². The van der Waals surface area contributed by atoms with Crippen molar-refractivity contribution in [1.29, 1.82) is 0 Å². The molecule has 1 nitrogen and oxygen atoms in total. The lowest BCUT2D eigenvalue weighted by molar-refractivity contribution is -0.116. The smallest absolute Gasteiger partial charge is 0.163 e. The van der Waals surface area contributed by atoms with Crippen LogP contribution in [0.3, 0.4) is 0 Å². The Hall–Kier alpha value is -2.93. The lowest BCUT2D eigenvalue weighted by atomic mass is 9.79. The molecule has 2 aliphatic rings. The number of fused-ring (bicyclic) bond motifs is 1. The molecule has 2 aliphatic carbocycles. The number of aryl methyl sites for hydroxylation is 3. The molecule has 0 heterocycles. The Morgan fingerprint density at radius 2 is 1.53 bits per heavy atom. The van der Waals surface area contributed by atoms with Crippen LogP contribution in [0.5, 0.6) is 0 Å². The Kier molecular flexibility index (Phi) is 6.81. The van der Waals surface area contributed by atoms with Crippen molar-refractivity contribution in [2.45, 2.75) is 70.6 Å². The molecule has 0 saturated heterocycles. The minimum Gasteiger partial charge on any atom is -0.294 e. The Bertz CT molecular complexity index is 1180. The molecule has 1 unspecified atom stereocenters. The van der Waals surface area contributed by atoms with Crippen LogP contribution in [0.2, 0.25) is 0 Å². The van der Waals surface area contributed by atoms with E-state index < -0.39 is 0 Å². The van der Waals surface area contributed by atoms with Crippen molar-refractivity contribution < 1.29 is 6.22 Å². The zero-order valence-electron chi connectivity index (χ0n) is 20.6. The van der Waals surface area contributed by atoms with Gasteiger partial charge in [0, 0.05) is 1.43 Å². The third kappa shape index (κ3) is 5.09. The summed E-state index contributed by atoms with van der Waals surface area (Å²) in [4.78, 5) is 12.9. The van der Waals surface area contributed by atoms with Crippen LogP contribution < -0.4 is 0 Å². The van der Waals surface area contributed by atoms with Crippen molar-refractivity contribution >= 4 is 11.9 Å². The van der Waals surface area contributed by atoms with Crippen molar-refractivity contribution in [3.63, 3.8) is 0 Å². The average Bonchev–Trinajstić information content (AvgIpc) is 2.86. The van der Waals surface area contributed by atoms with E-state index >= 15 is 0 Å². The Morgan fingerprint density at radius 1 is 0.824 bits per heavy atom. The highest BCUT2D eigenvalue weighted by atomic mass is 16.1. The minimum absolute atomic E-state index is 0. The summed E-state index contributed by atoms with van der Waals surface area (Å²) in [5, 5.41) is 0. The first-order valence-electron chi connectivity index (χ1n) is 13.0. The molecule has 0 bridgehead atoms. The highest BCUT2D eigenvalue weighted by Gasteiger charge is 2.25. The van der Waals surface area contributed by atoms with E-state index in [0.29, 0.717) is 0 Å². The number of ketones is 1. The van der Waals surface area contributed by atoms with Gasteiger partial charge in [0.2, 0.25) is 0 Å². The summed E-state index contributed by atoms with van der Waals surface area (Å²) in [6.07, 6.45) is 12.0. The normalized spacial score (nSPS) is 21.9. The summed E-state index contributed by atoms with van der Waals surface area (Å²) in [6, 6.07) is 24.5. The predicted molar refractivity (Wildman–Crippen MR) is 144 cm³/mol. The zero-order valence-corrected chi connectivity index (χ0v) is 20.6. The molecule has 0 spiro atoms. The summed E-state index contributed by atoms with van der Waals surface area (Å²) in [6.45, 7) is 4.52. The van der Waals surface area contributed by atoms with Gasteiger partial charge in [-0.1, -0.05) is 92.6 Å². The number of allylic oxidation sites excluding steroid dienone is 1. The molecule has 34 heavy (non-hydrogen) atoms. The zero-order chi connectivity index (χ0) is 23.5. The summed E-state index contributed by atoms with van der Waals surface area (Å²) < 4.78 is 0. The second-order valence-electron chi connectivity index (χ2n) is 10.6. The quantitative estimate of drug-likeness (QED) is 0.369. The van der Waals surface area contributed by atoms with Crippen molar-refractivity contribution in [2.75, 3.05) is 0 Å². The molecular formula is C33H38O. The largest absolute Gasteiger partial charge is 0.294 e. The molecule has 1 saturated carbocycles. The molecule has 0 aromatic heterocycles. The standard InChI is InChI=1S/C33H36O.H2/c1-23-7-14-27(15-8-23)28-16-11-25(12-17-28)9-10-26-13-18-29-19-20-33(34)32(31(29)21-26)22-30-6-4-3-5-24(30)2;/h3-6,11-13,16-21,23,27,32H,7-10,14-15,22H2,1-2H3;1H. The maximum Gasteiger partial charge on any atom is 0.163 e. The maximum absolute atomic E-state index is 12.9. The van der Waals surface area contributed by atoms with Crippen molar-refractivity contribution in [3.05, 3.63) is 112 Å². The van der Waals surface area contributed by atoms with Crippen LogP contribution in [0.1, 0.15) is 84.8 Å². The lowest BCUT2D eigenvalue weighted by Crippen LogP contribution is -2.18. The molecule has 176 valence electrons. The second-order valence-corrected chi connectivity index (χ2v) is 10.6. The molecule has 0 radical (unpaired) electrons. The minimum atomic E-state index is -0.0847. The Morgan fingerprint density at radius 3 is 2.29 bits per heavy atom. The maximum atomic E-state index is 12.9. The van der Waals surface area contributed by atoms with E-state index in [1.54, 1.807) is 6.08 Å². The number of hydrogen-bond donors (Lipinski definition) is 0. The lowest BCUT2D eigenvalue weighted by Gasteiger charge is -2.26. The first kappa shape index (κ1) is 22.8. The molecule has 0 N–H and O–H groups in total. The van der Waals surface area contributed by atoms with E-state index in [1.165, 1.54) is 64.6 Å². The van der Waals surface area contributed by atoms with Crippen LogP contribution >= 0.6 is 0 Å². The molecular weight excluding hydrogens is 412 g/mol.